The van der Waals surface area contributed by atoms with E-state index in [1.807, 2.05) is 0 Å². The van der Waals surface area contributed by atoms with E-state index in [1.165, 1.54) is 24.4 Å². The molecule has 5 rings (SSSR count). The molecule has 5 nitrogen and oxygen atoms in total. The maximum atomic E-state index is 14.5. The smallest absolute Gasteiger partial charge is 0.263 e. The maximum absolute atomic E-state index is 14.5. The normalized spacial score (nSPS) is 14.0. The van der Waals surface area contributed by atoms with Crippen LogP contribution >= 0.6 is 0 Å². The van der Waals surface area contributed by atoms with Gasteiger partial charge >= 0.3 is 0 Å². The fourth-order valence-electron chi connectivity index (χ4n) is 4.31. The van der Waals surface area contributed by atoms with Crippen LogP contribution in [0, 0.1) is 17.5 Å². The topological polar surface area (TPSA) is 45.6 Å². The van der Waals surface area contributed by atoms with Gasteiger partial charge in [0.2, 0.25) is 0 Å². The summed E-state index contributed by atoms with van der Waals surface area (Å²) in [6, 6.07) is 15.8. The van der Waals surface area contributed by atoms with Crippen molar-refractivity contribution in [2.24, 2.45) is 0 Å². The number of benzene rings is 3. The molecule has 1 aromatic heterocycles. The predicted molar refractivity (Wildman–Crippen MR) is 124 cm³/mol. The Hall–Kier alpha value is -4.07. The first kappa shape index (κ1) is 21.8. The van der Waals surface area contributed by atoms with E-state index in [-0.39, 0.29) is 28.4 Å². The number of nitrogens with zero attached hydrogens (tertiary/aromatic N) is 3. The molecule has 0 bridgehead atoms. The minimum absolute atomic E-state index is 0.132. The summed E-state index contributed by atoms with van der Waals surface area (Å²) in [6.45, 7) is 1.96. The molecule has 172 valence electrons. The van der Waals surface area contributed by atoms with Crippen LogP contribution in [0.15, 0.2) is 77.7 Å². The molecule has 2 heterocycles. The van der Waals surface area contributed by atoms with E-state index < -0.39 is 17.2 Å². The summed E-state index contributed by atoms with van der Waals surface area (Å²) in [7, 11) is 0. The first-order chi connectivity index (χ1) is 16.4. The number of carbonyl (C=O) groups excluding carboxylic acids is 1. The minimum Gasteiger partial charge on any atom is -0.368 e. The van der Waals surface area contributed by atoms with E-state index in [4.69, 9.17) is 0 Å². The fourth-order valence-corrected chi connectivity index (χ4v) is 4.31. The van der Waals surface area contributed by atoms with Gasteiger partial charge in [0, 0.05) is 54.9 Å². The van der Waals surface area contributed by atoms with Crippen LogP contribution in [0.3, 0.4) is 0 Å². The van der Waals surface area contributed by atoms with Gasteiger partial charge in [-0.2, -0.15) is 0 Å². The molecule has 1 amide bonds. The van der Waals surface area contributed by atoms with Crippen LogP contribution < -0.4 is 10.5 Å². The van der Waals surface area contributed by atoms with E-state index in [2.05, 4.69) is 4.90 Å². The molecular formula is C26H20F3N3O2. The van der Waals surface area contributed by atoms with E-state index >= 15 is 0 Å². The van der Waals surface area contributed by atoms with Crippen molar-refractivity contribution in [2.75, 3.05) is 31.1 Å². The molecule has 34 heavy (non-hydrogen) atoms. The molecule has 1 aliphatic heterocycles. The highest BCUT2D eigenvalue weighted by molar-refractivity contribution is 6.06. The van der Waals surface area contributed by atoms with E-state index in [1.54, 1.807) is 41.3 Å². The van der Waals surface area contributed by atoms with Crippen molar-refractivity contribution in [3.05, 3.63) is 106 Å². The second-order valence-electron chi connectivity index (χ2n) is 8.11. The van der Waals surface area contributed by atoms with Gasteiger partial charge in [-0.3, -0.25) is 14.2 Å². The van der Waals surface area contributed by atoms with Crippen molar-refractivity contribution >= 4 is 22.4 Å². The lowest BCUT2D eigenvalue weighted by Gasteiger charge is -2.36. The van der Waals surface area contributed by atoms with Crippen LogP contribution in [0.25, 0.3) is 16.5 Å². The van der Waals surface area contributed by atoms with Crippen molar-refractivity contribution < 1.29 is 18.0 Å². The molecule has 0 unspecified atom stereocenters. The number of halogens is 3. The van der Waals surface area contributed by atoms with Crippen LogP contribution in [0.1, 0.15) is 10.4 Å². The first-order valence-electron chi connectivity index (χ1n) is 10.8. The molecule has 0 atom stereocenters. The van der Waals surface area contributed by atoms with Crippen molar-refractivity contribution in [1.82, 2.24) is 9.47 Å². The number of pyridine rings is 1. The molecule has 3 aromatic carbocycles. The van der Waals surface area contributed by atoms with Crippen LogP contribution in [0.4, 0.5) is 18.9 Å². The largest absolute Gasteiger partial charge is 0.368 e. The number of hydrogen-bond acceptors (Lipinski definition) is 3. The third kappa shape index (κ3) is 3.91. The number of aromatic nitrogens is 1. The lowest BCUT2D eigenvalue weighted by molar-refractivity contribution is 0.0748. The molecular weight excluding hydrogens is 443 g/mol. The number of fused-ring (bicyclic) bond motifs is 1. The van der Waals surface area contributed by atoms with Crippen LogP contribution in [-0.2, 0) is 0 Å². The summed E-state index contributed by atoms with van der Waals surface area (Å²) in [5, 5.41) is 0.735. The molecule has 1 fully saturated rings. The number of anilines is 1. The monoisotopic (exact) mass is 463 g/mol. The van der Waals surface area contributed by atoms with Gasteiger partial charge in [0.15, 0.2) is 0 Å². The molecule has 4 aromatic rings. The standard InChI is InChI=1S/C26H20F3N3O2/c27-17-5-8-19(9-6-17)30-11-13-31(14-12-30)25(33)22-16-32(24-10-7-18(28)15-23(24)29)26(34)21-4-2-1-3-20(21)22/h1-10,15-16H,11-14H2. The summed E-state index contributed by atoms with van der Waals surface area (Å²) in [5.41, 5.74) is 0.500. The van der Waals surface area contributed by atoms with E-state index in [9.17, 15) is 22.8 Å². The van der Waals surface area contributed by atoms with Crippen molar-refractivity contribution in [3.63, 3.8) is 0 Å². The molecule has 0 spiro atoms. The Morgan fingerprint density at radius 3 is 2.09 bits per heavy atom. The van der Waals surface area contributed by atoms with Crippen LogP contribution in [0.5, 0.6) is 0 Å². The molecule has 0 N–H and O–H groups in total. The van der Waals surface area contributed by atoms with Gasteiger partial charge in [-0.25, -0.2) is 13.2 Å². The lowest BCUT2D eigenvalue weighted by atomic mass is 10.1. The van der Waals surface area contributed by atoms with Crippen molar-refractivity contribution in [2.45, 2.75) is 0 Å². The number of rotatable bonds is 3. The molecule has 1 aliphatic rings. The van der Waals surface area contributed by atoms with Crippen molar-refractivity contribution in [1.29, 1.82) is 0 Å². The van der Waals surface area contributed by atoms with Gasteiger partial charge in [0.1, 0.15) is 17.5 Å². The zero-order chi connectivity index (χ0) is 23.8. The molecule has 1 saturated heterocycles. The number of amides is 1. The highest BCUT2D eigenvalue weighted by Crippen LogP contribution is 2.23. The second-order valence-corrected chi connectivity index (χ2v) is 8.11. The maximum Gasteiger partial charge on any atom is 0.263 e. The second kappa shape index (κ2) is 8.70. The third-order valence-electron chi connectivity index (χ3n) is 6.08. The Kier molecular flexibility index (Phi) is 5.57. The Morgan fingerprint density at radius 2 is 1.41 bits per heavy atom. The third-order valence-corrected chi connectivity index (χ3v) is 6.08. The van der Waals surface area contributed by atoms with Crippen LogP contribution in [-0.4, -0.2) is 41.6 Å². The summed E-state index contributed by atoms with van der Waals surface area (Å²) >= 11 is 0. The lowest BCUT2D eigenvalue weighted by Crippen LogP contribution is -2.49. The van der Waals surface area contributed by atoms with Gasteiger partial charge in [-0.1, -0.05) is 18.2 Å². The van der Waals surface area contributed by atoms with E-state index in [0.717, 1.165) is 16.3 Å². The predicted octanol–water partition coefficient (Wildman–Crippen LogP) is 4.37. The number of piperazine rings is 1. The fraction of sp³-hybridized carbons (Fsp3) is 0.154. The molecule has 0 radical (unpaired) electrons. The Morgan fingerprint density at radius 1 is 0.765 bits per heavy atom. The molecule has 0 saturated carbocycles. The zero-order valence-electron chi connectivity index (χ0n) is 18.0. The number of hydrogen-bond donors (Lipinski definition) is 0. The SMILES string of the molecule is O=C(c1cn(-c2ccc(F)cc2F)c(=O)c2ccccc12)N1CCN(c2ccc(F)cc2)CC1. The Balaban J connectivity index is 1.49. The van der Waals surface area contributed by atoms with Crippen LogP contribution in [0.2, 0.25) is 0 Å². The van der Waals surface area contributed by atoms with Gasteiger partial charge in [0.05, 0.1) is 11.3 Å². The molecule has 0 aliphatic carbocycles. The van der Waals surface area contributed by atoms with Gasteiger partial charge in [0.25, 0.3) is 11.5 Å². The summed E-state index contributed by atoms with van der Waals surface area (Å²) in [6.07, 6.45) is 1.33. The Bertz CT molecular complexity index is 1440. The van der Waals surface area contributed by atoms with Crippen molar-refractivity contribution in [3.8, 4) is 5.69 Å². The Labute approximate surface area is 193 Å². The molecule has 8 heteroatoms. The first-order valence-corrected chi connectivity index (χ1v) is 10.8. The average Bonchev–Trinajstić information content (AvgIpc) is 2.85. The summed E-state index contributed by atoms with van der Waals surface area (Å²) in [4.78, 5) is 30.4. The van der Waals surface area contributed by atoms with Gasteiger partial charge < -0.3 is 9.80 Å². The van der Waals surface area contributed by atoms with E-state index in [0.29, 0.717) is 37.6 Å². The quantitative estimate of drug-likeness (QED) is 0.453. The van der Waals surface area contributed by atoms with Gasteiger partial charge in [-0.05, 0) is 42.5 Å². The number of carbonyl (C=O) groups is 1. The van der Waals surface area contributed by atoms with Gasteiger partial charge in [-0.15, -0.1) is 0 Å². The highest BCUT2D eigenvalue weighted by atomic mass is 19.1. The summed E-state index contributed by atoms with van der Waals surface area (Å²) in [5.74, 6) is -2.25. The highest BCUT2D eigenvalue weighted by Gasteiger charge is 2.25. The minimum atomic E-state index is -0.899. The average molecular weight is 463 g/mol. The summed E-state index contributed by atoms with van der Waals surface area (Å²) < 4.78 is 42.2. The zero-order valence-corrected chi connectivity index (χ0v) is 18.0.